The Bertz CT molecular complexity index is 428. The summed E-state index contributed by atoms with van der Waals surface area (Å²) in [5, 5.41) is 0. The second kappa shape index (κ2) is 8.27. The Hall–Kier alpha value is -0.910. The van der Waals surface area contributed by atoms with Gasteiger partial charge in [0.15, 0.2) is 0 Å². The predicted octanol–water partition coefficient (Wildman–Crippen LogP) is 2.37. The minimum Gasteiger partial charge on any atom is -0.338 e. The number of fused-ring (bicyclic) bond motifs is 1. The van der Waals surface area contributed by atoms with Crippen molar-refractivity contribution < 1.29 is 9.59 Å². The van der Waals surface area contributed by atoms with Crippen LogP contribution in [0.15, 0.2) is 0 Å². The van der Waals surface area contributed by atoms with Gasteiger partial charge in [-0.15, -0.1) is 0 Å². The van der Waals surface area contributed by atoms with E-state index < -0.39 is 0 Å². The highest BCUT2D eigenvalue weighted by Gasteiger charge is 2.41. The Morgan fingerprint density at radius 2 is 1.91 bits per heavy atom. The van der Waals surface area contributed by atoms with Crippen LogP contribution in [0.2, 0.25) is 0 Å². The lowest BCUT2D eigenvalue weighted by Gasteiger charge is -2.36. The average Bonchev–Trinajstić information content (AvgIpc) is 2.78. The SMILES string of the molecule is CC(C)CCSCC(=O)N1CCN2C(=O)N(CC(C)C)C[C@@H]2C1. The van der Waals surface area contributed by atoms with Gasteiger partial charge in [0.25, 0.3) is 0 Å². The number of rotatable bonds is 7. The lowest BCUT2D eigenvalue weighted by atomic mass is 10.2. The van der Waals surface area contributed by atoms with Gasteiger partial charge in [-0.1, -0.05) is 27.7 Å². The Morgan fingerprint density at radius 3 is 2.57 bits per heavy atom. The van der Waals surface area contributed by atoms with Gasteiger partial charge in [-0.3, -0.25) is 4.79 Å². The summed E-state index contributed by atoms with van der Waals surface area (Å²) in [6.45, 7) is 12.3. The topological polar surface area (TPSA) is 43.9 Å². The van der Waals surface area contributed by atoms with Gasteiger partial charge in [0.2, 0.25) is 5.91 Å². The van der Waals surface area contributed by atoms with Crippen LogP contribution in [0, 0.1) is 11.8 Å². The monoisotopic (exact) mass is 341 g/mol. The highest BCUT2D eigenvalue weighted by molar-refractivity contribution is 7.99. The maximum atomic E-state index is 12.4. The van der Waals surface area contributed by atoms with Gasteiger partial charge >= 0.3 is 6.03 Å². The first kappa shape index (κ1) is 18.4. The summed E-state index contributed by atoms with van der Waals surface area (Å²) in [6.07, 6.45) is 1.16. The number of thioether (sulfide) groups is 1. The Balaban J connectivity index is 1.79. The highest BCUT2D eigenvalue weighted by Crippen LogP contribution is 2.22. The summed E-state index contributed by atoms with van der Waals surface area (Å²) in [7, 11) is 0. The predicted molar refractivity (Wildman–Crippen MR) is 95.7 cm³/mol. The molecule has 3 amide bonds. The van der Waals surface area contributed by atoms with Crippen molar-refractivity contribution in [1.29, 1.82) is 0 Å². The summed E-state index contributed by atoms with van der Waals surface area (Å²) < 4.78 is 0. The zero-order chi connectivity index (χ0) is 17.0. The molecule has 0 aromatic heterocycles. The molecule has 1 atom stereocenters. The fourth-order valence-electron chi connectivity index (χ4n) is 3.17. The van der Waals surface area contributed by atoms with Crippen molar-refractivity contribution >= 4 is 23.7 Å². The van der Waals surface area contributed by atoms with Crippen LogP contribution >= 0.6 is 11.8 Å². The fourth-order valence-corrected chi connectivity index (χ4v) is 4.31. The van der Waals surface area contributed by atoms with E-state index in [1.807, 2.05) is 14.7 Å². The highest BCUT2D eigenvalue weighted by atomic mass is 32.2. The number of hydrogen-bond donors (Lipinski definition) is 0. The van der Waals surface area contributed by atoms with Crippen LogP contribution in [0.1, 0.15) is 34.1 Å². The van der Waals surface area contributed by atoms with Crippen molar-refractivity contribution in [3.05, 3.63) is 0 Å². The van der Waals surface area contributed by atoms with Gasteiger partial charge in [0.1, 0.15) is 0 Å². The van der Waals surface area contributed by atoms with Crippen molar-refractivity contribution in [2.75, 3.05) is 44.2 Å². The molecule has 132 valence electrons. The molecule has 0 aromatic carbocycles. The van der Waals surface area contributed by atoms with E-state index in [-0.39, 0.29) is 18.0 Å². The Kier molecular flexibility index (Phi) is 6.62. The minimum atomic E-state index is 0.155. The summed E-state index contributed by atoms with van der Waals surface area (Å²) in [6, 6.07) is 0.335. The second-order valence-electron chi connectivity index (χ2n) is 7.50. The zero-order valence-corrected chi connectivity index (χ0v) is 15.8. The van der Waals surface area contributed by atoms with Crippen LogP contribution in [0.25, 0.3) is 0 Å². The lowest BCUT2D eigenvalue weighted by molar-refractivity contribution is -0.130. The molecule has 0 aliphatic carbocycles. The van der Waals surface area contributed by atoms with E-state index in [1.54, 1.807) is 11.8 Å². The molecule has 2 aliphatic heterocycles. The first-order chi connectivity index (χ1) is 10.9. The van der Waals surface area contributed by atoms with Gasteiger partial charge in [-0.2, -0.15) is 11.8 Å². The third-order valence-electron chi connectivity index (χ3n) is 4.43. The van der Waals surface area contributed by atoms with Gasteiger partial charge < -0.3 is 14.7 Å². The number of carbonyl (C=O) groups is 2. The minimum absolute atomic E-state index is 0.155. The molecular weight excluding hydrogens is 310 g/mol. The molecule has 2 aliphatic rings. The van der Waals surface area contributed by atoms with E-state index in [4.69, 9.17) is 0 Å². The van der Waals surface area contributed by atoms with E-state index >= 15 is 0 Å². The number of nitrogens with zero attached hydrogens (tertiary/aromatic N) is 3. The van der Waals surface area contributed by atoms with E-state index in [0.29, 0.717) is 37.2 Å². The molecule has 23 heavy (non-hydrogen) atoms. The van der Waals surface area contributed by atoms with Crippen LogP contribution in [0.3, 0.4) is 0 Å². The van der Waals surface area contributed by atoms with Gasteiger partial charge in [-0.25, -0.2) is 4.79 Å². The molecule has 0 unspecified atom stereocenters. The van der Waals surface area contributed by atoms with Crippen molar-refractivity contribution in [2.24, 2.45) is 11.8 Å². The Labute approximate surface area is 144 Å². The van der Waals surface area contributed by atoms with E-state index in [1.165, 1.54) is 0 Å². The summed E-state index contributed by atoms with van der Waals surface area (Å²) in [4.78, 5) is 30.6. The molecule has 2 heterocycles. The first-order valence-electron chi connectivity index (χ1n) is 8.79. The van der Waals surface area contributed by atoms with Gasteiger partial charge in [-0.05, 0) is 24.0 Å². The normalized spacial score (nSPS) is 21.6. The summed E-state index contributed by atoms with van der Waals surface area (Å²) in [5.41, 5.74) is 0. The maximum absolute atomic E-state index is 12.4. The maximum Gasteiger partial charge on any atom is 0.320 e. The van der Waals surface area contributed by atoms with E-state index in [0.717, 1.165) is 25.3 Å². The van der Waals surface area contributed by atoms with Gasteiger partial charge in [0.05, 0.1) is 11.8 Å². The fraction of sp³-hybridized carbons (Fsp3) is 0.882. The number of carbonyl (C=O) groups excluding carboxylic acids is 2. The zero-order valence-electron chi connectivity index (χ0n) is 15.0. The van der Waals surface area contributed by atoms with Crippen molar-refractivity contribution in [2.45, 2.75) is 40.2 Å². The van der Waals surface area contributed by atoms with Crippen LogP contribution < -0.4 is 0 Å². The molecule has 2 saturated heterocycles. The first-order valence-corrected chi connectivity index (χ1v) is 9.95. The second-order valence-corrected chi connectivity index (χ2v) is 8.61. The molecule has 0 N–H and O–H groups in total. The standard InChI is InChI=1S/C17H31N3O2S/c1-13(2)5-8-23-12-16(21)18-6-7-20-15(10-18)11-19(17(20)22)9-14(3)4/h13-15H,5-12H2,1-4H3/t15-/m0/s1. The van der Waals surface area contributed by atoms with Gasteiger partial charge in [0, 0.05) is 32.7 Å². The van der Waals surface area contributed by atoms with Crippen LogP contribution in [-0.4, -0.2) is 76.9 Å². The quantitative estimate of drug-likeness (QED) is 0.668. The van der Waals surface area contributed by atoms with E-state index in [9.17, 15) is 9.59 Å². The molecule has 0 aromatic rings. The van der Waals surface area contributed by atoms with Crippen molar-refractivity contribution in [1.82, 2.24) is 14.7 Å². The number of urea groups is 1. The van der Waals surface area contributed by atoms with Crippen LogP contribution in [0.5, 0.6) is 0 Å². The molecule has 2 fully saturated rings. The smallest absolute Gasteiger partial charge is 0.320 e. The molecule has 0 bridgehead atoms. The molecule has 0 saturated carbocycles. The number of amides is 3. The van der Waals surface area contributed by atoms with Crippen LogP contribution in [0.4, 0.5) is 4.79 Å². The Morgan fingerprint density at radius 1 is 1.17 bits per heavy atom. The molecule has 5 nitrogen and oxygen atoms in total. The summed E-state index contributed by atoms with van der Waals surface area (Å²) in [5.74, 6) is 3.03. The molecule has 0 spiro atoms. The third-order valence-corrected chi connectivity index (χ3v) is 5.41. The lowest BCUT2D eigenvalue weighted by Crippen LogP contribution is -2.54. The molecule has 0 radical (unpaired) electrons. The third kappa shape index (κ3) is 5.03. The molecular formula is C17H31N3O2S. The summed E-state index contributed by atoms with van der Waals surface area (Å²) >= 11 is 1.74. The van der Waals surface area contributed by atoms with Crippen molar-refractivity contribution in [3.8, 4) is 0 Å². The largest absolute Gasteiger partial charge is 0.338 e. The number of piperazine rings is 1. The average molecular weight is 342 g/mol. The van der Waals surface area contributed by atoms with E-state index in [2.05, 4.69) is 27.7 Å². The number of hydrogen-bond acceptors (Lipinski definition) is 3. The van der Waals surface area contributed by atoms with Crippen molar-refractivity contribution in [3.63, 3.8) is 0 Å². The van der Waals surface area contributed by atoms with Crippen LogP contribution in [-0.2, 0) is 4.79 Å². The molecule has 6 heteroatoms. The molecule has 2 rings (SSSR count).